The number of benzene rings is 1. The quantitative estimate of drug-likeness (QED) is 0.688. The lowest BCUT2D eigenvalue weighted by Gasteiger charge is -2.28. The summed E-state index contributed by atoms with van der Waals surface area (Å²) in [4.78, 5) is 6.80. The van der Waals surface area contributed by atoms with Crippen molar-refractivity contribution in [2.24, 2.45) is 0 Å². The molecule has 2 aromatic heterocycles. The Kier molecular flexibility index (Phi) is 5.38. The number of rotatable bonds is 7. The van der Waals surface area contributed by atoms with E-state index in [-0.39, 0.29) is 0 Å². The van der Waals surface area contributed by atoms with Crippen molar-refractivity contribution in [2.75, 3.05) is 19.6 Å². The molecule has 0 unspecified atom stereocenters. The third kappa shape index (κ3) is 3.84. The van der Waals surface area contributed by atoms with E-state index in [4.69, 9.17) is 0 Å². The molecule has 1 aromatic carbocycles. The molecule has 1 atom stereocenters. The van der Waals surface area contributed by atoms with Gasteiger partial charge >= 0.3 is 0 Å². The van der Waals surface area contributed by atoms with Crippen molar-refractivity contribution in [1.29, 1.82) is 0 Å². The van der Waals surface area contributed by atoms with Crippen LogP contribution < -0.4 is 5.32 Å². The molecule has 5 heteroatoms. The molecule has 0 aliphatic carbocycles. The van der Waals surface area contributed by atoms with Crippen molar-refractivity contribution in [1.82, 2.24) is 25.4 Å². The van der Waals surface area contributed by atoms with Gasteiger partial charge < -0.3 is 5.32 Å². The second-order valence-corrected chi connectivity index (χ2v) is 6.81. The van der Waals surface area contributed by atoms with Gasteiger partial charge in [-0.3, -0.25) is 15.0 Å². The van der Waals surface area contributed by atoms with Gasteiger partial charge in [0.1, 0.15) is 0 Å². The van der Waals surface area contributed by atoms with Crippen LogP contribution in [0.5, 0.6) is 0 Å². The summed E-state index contributed by atoms with van der Waals surface area (Å²) in [6, 6.07) is 15.3. The molecule has 2 N–H and O–H groups in total. The fourth-order valence-electron chi connectivity index (χ4n) is 3.74. The van der Waals surface area contributed by atoms with Crippen LogP contribution in [0.25, 0.3) is 11.3 Å². The first-order chi connectivity index (χ1) is 12.9. The van der Waals surface area contributed by atoms with E-state index in [9.17, 15) is 0 Å². The van der Waals surface area contributed by atoms with Gasteiger partial charge in [0, 0.05) is 42.7 Å². The maximum Gasteiger partial charge on any atom is 0.0710 e. The van der Waals surface area contributed by atoms with Crippen molar-refractivity contribution in [3.8, 4) is 11.3 Å². The van der Waals surface area contributed by atoms with E-state index in [1.807, 2.05) is 18.5 Å². The van der Waals surface area contributed by atoms with E-state index in [1.165, 1.54) is 37.1 Å². The first-order valence-corrected chi connectivity index (χ1v) is 9.34. The zero-order valence-corrected chi connectivity index (χ0v) is 14.9. The van der Waals surface area contributed by atoms with E-state index >= 15 is 0 Å². The van der Waals surface area contributed by atoms with Crippen LogP contribution in [0.3, 0.4) is 0 Å². The maximum absolute atomic E-state index is 4.23. The van der Waals surface area contributed by atoms with Crippen LogP contribution in [0.2, 0.25) is 0 Å². The first kappa shape index (κ1) is 16.9. The van der Waals surface area contributed by atoms with Crippen LogP contribution in [0.4, 0.5) is 0 Å². The molecule has 0 spiro atoms. The van der Waals surface area contributed by atoms with Gasteiger partial charge in [-0.25, -0.2) is 0 Å². The molecule has 134 valence electrons. The highest BCUT2D eigenvalue weighted by Crippen LogP contribution is 2.25. The maximum atomic E-state index is 4.23. The van der Waals surface area contributed by atoms with E-state index in [0.717, 1.165) is 24.3 Å². The molecule has 1 aliphatic rings. The summed E-state index contributed by atoms with van der Waals surface area (Å²) in [5.41, 5.74) is 4.68. The fraction of sp³-hybridized carbons (Fsp3) is 0.333. The second kappa shape index (κ2) is 8.25. The highest BCUT2D eigenvalue weighted by Gasteiger charge is 2.23. The highest BCUT2D eigenvalue weighted by molar-refractivity contribution is 5.61. The Hall–Kier alpha value is -2.50. The zero-order valence-electron chi connectivity index (χ0n) is 14.9. The Balaban J connectivity index is 1.44. The molecule has 1 fully saturated rings. The van der Waals surface area contributed by atoms with Crippen molar-refractivity contribution < 1.29 is 0 Å². The predicted octanol–water partition coefficient (Wildman–Crippen LogP) is 3.40. The van der Waals surface area contributed by atoms with E-state index in [0.29, 0.717) is 6.04 Å². The van der Waals surface area contributed by atoms with Gasteiger partial charge in [0.05, 0.1) is 11.9 Å². The Morgan fingerprint density at radius 2 is 1.88 bits per heavy atom. The van der Waals surface area contributed by atoms with Gasteiger partial charge in [-0.2, -0.15) is 5.10 Å². The van der Waals surface area contributed by atoms with Gasteiger partial charge in [0.25, 0.3) is 0 Å². The van der Waals surface area contributed by atoms with Crippen molar-refractivity contribution in [3.63, 3.8) is 0 Å². The summed E-state index contributed by atoms with van der Waals surface area (Å²) in [5.74, 6) is 0. The third-order valence-corrected chi connectivity index (χ3v) is 5.09. The van der Waals surface area contributed by atoms with Crippen molar-refractivity contribution in [3.05, 3.63) is 72.2 Å². The lowest BCUT2D eigenvalue weighted by Crippen LogP contribution is -2.34. The number of likely N-dealkylation sites (tertiary alicyclic amines) is 1. The minimum absolute atomic E-state index is 0.424. The molecular weight excluding hydrogens is 322 g/mol. The summed E-state index contributed by atoms with van der Waals surface area (Å²) in [6.45, 7) is 4.10. The SMILES string of the molecule is c1ccc([C@@H](CNCc2cn[nH]c2-c2cccnc2)N2CCCC2)cc1. The van der Waals surface area contributed by atoms with Crippen LogP contribution in [0.1, 0.15) is 30.0 Å². The van der Waals surface area contributed by atoms with Crippen LogP contribution >= 0.6 is 0 Å². The first-order valence-electron chi connectivity index (χ1n) is 9.34. The molecule has 4 rings (SSSR count). The Morgan fingerprint density at radius 1 is 1.04 bits per heavy atom. The van der Waals surface area contributed by atoms with E-state index < -0.39 is 0 Å². The lowest BCUT2D eigenvalue weighted by molar-refractivity contribution is 0.238. The van der Waals surface area contributed by atoms with Gasteiger partial charge in [0.2, 0.25) is 0 Å². The average Bonchev–Trinajstić information content (AvgIpc) is 3.39. The topological polar surface area (TPSA) is 56.8 Å². The predicted molar refractivity (Wildman–Crippen MR) is 104 cm³/mol. The standard InChI is InChI=1S/C21H25N5/c1-2-7-17(8-3-1)20(26-11-4-5-12-26)16-23-14-19-15-24-25-21(19)18-9-6-10-22-13-18/h1-3,6-10,13,15,20,23H,4-5,11-12,14,16H2,(H,24,25)/t20-/m1/s1. The molecule has 26 heavy (non-hydrogen) atoms. The summed E-state index contributed by atoms with van der Waals surface area (Å²) in [7, 11) is 0. The van der Waals surface area contributed by atoms with Gasteiger partial charge in [0.15, 0.2) is 0 Å². The second-order valence-electron chi connectivity index (χ2n) is 6.81. The Labute approximate surface area is 154 Å². The van der Waals surface area contributed by atoms with Crippen molar-refractivity contribution >= 4 is 0 Å². The summed E-state index contributed by atoms with van der Waals surface area (Å²) >= 11 is 0. The third-order valence-electron chi connectivity index (χ3n) is 5.09. The van der Waals surface area contributed by atoms with E-state index in [1.54, 1.807) is 6.20 Å². The molecular formula is C21H25N5. The monoisotopic (exact) mass is 347 g/mol. The molecule has 3 aromatic rings. The van der Waals surface area contributed by atoms with E-state index in [2.05, 4.69) is 61.8 Å². The van der Waals surface area contributed by atoms with Gasteiger partial charge in [-0.1, -0.05) is 30.3 Å². The molecule has 3 heterocycles. The summed E-state index contributed by atoms with van der Waals surface area (Å²) < 4.78 is 0. The normalized spacial score (nSPS) is 16.0. The minimum Gasteiger partial charge on any atom is -0.311 e. The smallest absolute Gasteiger partial charge is 0.0710 e. The average molecular weight is 347 g/mol. The summed E-state index contributed by atoms with van der Waals surface area (Å²) in [5, 5.41) is 11.0. The number of H-pyrrole nitrogens is 1. The number of nitrogens with zero attached hydrogens (tertiary/aromatic N) is 3. The van der Waals surface area contributed by atoms with Gasteiger partial charge in [-0.15, -0.1) is 0 Å². The molecule has 0 amide bonds. The largest absolute Gasteiger partial charge is 0.311 e. The van der Waals surface area contributed by atoms with Crippen LogP contribution in [0.15, 0.2) is 61.1 Å². The molecule has 1 saturated heterocycles. The van der Waals surface area contributed by atoms with Crippen molar-refractivity contribution in [2.45, 2.75) is 25.4 Å². The fourth-order valence-corrected chi connectivity index (χ4v) is 3.74. The number of hydrogen-bond donors (Lipinski definition) is 2. The molecule has 1 aliphatic heterocycles. The number of hydrogen-bond acceptors (Lipinski definition) is 4. The molecule has 0 radical (unpaired) electrons. The molecule has 5 nitrogen and oxygen atoms in total. The summed E-state index contributed by atoms with van der Waals surface area (Å²) in [6.07, 6.45) is 8.17. The number of pyridine rings is 1. The van der Waals surface area contributed by atoms with Gasteiger partial charge in [-0.05, 0) is 43.6 Å². The molecule has 0 bridgehead atoms. The molecule has 0 saturated carbocycles. The highest BCUT2D eigenvalue weighted by atomic mass is 15.2. The zero-order chi connectivity index (χ0) is 17.6. The number of aromatic nitrogens is 3. The number of aromatic amines is 1. The lowest BCUT2D eigenvalue weighted by atomic mass is 10.1. The minimum atomic E-state index is 0.424. The van der Waals surface area contributed by atoms with Crippen LogP contribution in [0, 0.1) is 0 Å². The van der Waals surface area contributed by atoms with Crippen LogP contribution in [-0.2, 0) is 6.54 Å². The van der Waals surface area contributed by atoms with Crippen LogP contribution in [-0.4, -0.2) is 39.7 Å². The Morgan fingerprint density at radius 3 is 2.65 bits per heavy atom. The number of nitrogens with one attached hydrogen (secondary N) is 2. The Bertz CT molecular complexity index is 794.